The number of aromatic nitrogens is 2. The molecule has 0 aliphatic carbocycles. The van der Waals surface area contributed by atoms with Gasteiger partial charge in [-0.2, -0.15) is 0 Å². The highest BCUT2D eigenvalue weighted by atomic mass is 16.5. The molecule has 3 N–H and O–H groups in total. The summed E-state index contributed by atoms with van der Waals surface area (Å²) in [5, 5.41) is 14.6. The van der Waals surface area contributed by atoms with Crippen molar-refractivity contribution >= 4 is 29.3 Å². The molecule has 1 aromatic heterocycles. The molecule has 3 aliphatic rings. The second-order valence-electron chi connectivity index (χ2n) is 8.84. The molecule has 2 aromatic rings. The first-order valence-electron chi connectivity index (χ1n) is 12.7. The van der Waals surface area contributed by atoms with Gasteiger partial charge >= 0.3 is 0 Å². The molecule has 1 fully saturated rings. The lowest BCUT2D eigenvalue weighted by molar-refractivity contribution is 0.0357. The number of carbonyl (C=O) groups is 1. The minimum atomic E-state index is -0.401. The lowest BCUT2D eigenvalue weighted by Crippen LogP contribution is -2.47. The minimum Gasteiger partial charge on any atom is -0.491 e. The molecule has 1 amide bonds. The van der Waals surface area contributed by atoms with E-state index in [0.29, 0.717) is 55.3 Å². The van der Waals surface area contributed by atoms with Crippen molar-refractivity contribution in [3.05, 3.63) is 35.7 Å². The predicted molar refractivity (Wildman–Crippen MR) is 141 cm³/mol. The average Bonchev–Trinajstić information content (AvgIpc) is 3.45. The largest absolute Gasteiger partial charge is 0.491 e. The maximum Gasteiger partial charge on any atom is 0.261 e. The number of aliphatic hydroxyl groups excluding tert-OH is 1. The van der Waals surface area contributed by atoms with Gasteiger partial charge in [-0.1, -0.05) is 0 Å². The number of aliphatic imine (C=N–C) groups is 2. The van der Waals surface area contributed by atoms with Crippen LogP contribution in [0.4, 0.5) is 11.6 Å². The third-order valence-electron chi connectivity index (χ3n) is 6.37. The zero-order valence-electron chi connectivity index (χ0n) is 21.4. The maximum atomic E-state index is 13.0. The van der Waals surface area contributed by atoms with E-state index in [9.17, 15) is 4.79 Å². The van der Waals surface area contributed by atoms with Gasteiger partial charge in [0, 0.05) is 50.7 Å². The summed E-state index contributed by atoms with van der Waals surface area (Å²) in [7, 11) is 1.58. The van der Waals surface area contributed by atoms with Gasteiger partial charge in [0.15, 0.2) is 11.5 Å². The van der Waals surface area contributed by atoms with Gasteiger partial charge < -0.3 is 24.6 Å². The van der Waals surface area contributed by atoms with Crippen molar-refractivity contribution in [2.24, 2.45) is 9.98 Å². The Balaban J connectivity index is 1.31. The van der Waals surface area contributed by atoms with E-state index in [1.165, 1.54) is 12.4 Å². The van der Waals surface area contributed by atoms with Crippen LogP contribution in [0.2, 0.25) is 0 Å². The number of carbonyl (C=O) groups excluding carboxylic acids is 1. The Labute approximate surface area is 220 Å². The number of nitrogens with one attached hydrogen (secondary N) is 2. The molecule has 0 spiro atoms. The molecule has 1 saturated heterocycles. The van der Waals surface area contributed by atoms with E-state index in [2.05, 4.69) is 30.5 Å². The number of amides is 1. The smallest absolute Gasteiger partial charge is 0.261 e. The van der Waals surface area contributed by atoms with E-state index >= 15 is 0 Å². The normalized spacial score (nSPS) is 16.7. The van der Waals surface area contributed by atoms with Crippen LogP contribution < -0.4 is 20.1 Å². The van der Waals surface area contributed by atoms with E-state index in [-0.39, 0.29) is 12.2 Å². The van der Waals surface area contributed by atoms with Gasteiger partial charge in [0.25, 0.3) is 5.91 Å². The molecular weight excluding hydrogens is 492 g/mol. The first-order valence-corrected chi connectivity index (χ1v) is 12.7. The van der Waals surface area contributed by atoms with Crippen LogP contribution in [0.1, 0.15) is 22.3 Å². The summed E-state index contributed by atoms with van der Waals surface area (Å²) >= 11 is 0. The Morgan fingerprint density at radius 1 is 1.18 bits per heavy atom. The van der Waals surface area contributed by atoms with Crippen molar-refractivity contribution in [1.29, 1.82) is 0 Å². The number of morpholine rings is 1. The third-order valence-corrected chi connectivity index (χ3v) is 6.37. The summed E-state index contributed by atoms with van der Waals surface area (Å²) in [5.74, 6) is 2.09. The van der Waals surface area contributed by atoms with Gasteiger partial charge in [-0.25, -0.2) is 15.0 Å². The van der Waals surface area contributed by atoms with Gasteiger partial charge in [0.05, 0.1) is 45.6 Å². The van der Waals surface area contributed by atoms with E-state index < -0.39 is 5.91 Å². The first-order chi connectivity index (χ1) is 18.7. The highest BCUT2D eigenvalue weighted by Crippen LogP contribution is 2.43. The van der Waals surface area contributed by atoms with Gasteiger partial charge in [0.1, 0.15) is 11.5 Å². The Morgan fingerprint density at radius 2 is 2.00 bits per heavy atom. The second kappa shape index (κ2) is 12.2. The summed E-state index contributed by atoms with van der Waals surface area (Å²) in [6.45, 7) is 6.37. The Kier molecular flexibility index (Phi) is 8.26. The van der Waals surface area contributed by atoms with Crippen LogP contribution in [0.25, 0.3) is 0 Å². The highest BCUT2D eigenvalue weighted by molar-refractivity contribution is 6.20. The number of hydrogen-bond donors (Lipinski definition) is 3. The van der Waals surface area contributed by atoms with Gasteiger partial charge in [-0.05, 0) is 18.6 Å². The second-order valence-corrected chi connectivity index (χ2v) is 8.84. The van der Waals surface area contributed by atoms with Crippen LogP contribution in [-0.4, -0.2) is 115 Å². The molecule has 13 nitrogen and oxygen atoms in total. The highest BCUT2D eigenvalue weighted by Gasteiger charge is 2.33. The zero-order valence-corrected chi connectivity index (χ0v) is 21.4. The van der Waals surface area contributed by atoms with E-state index in [1.807, 2.05) is 17.0 Å². The Hall–Kier alpha value is -3.81. The SMILES string of the molecule is COc1c(OCCCN2CCOCC2)ccc2c1N=C(NC(=O)c1cnc(NCCO)nc1)N1CCN=C21. The number of methoxy groups -OCH3 is 1. The number of ether oxygens (including phenoxy) is 3. The van der Waals surface area contributed by atoms with Gasteiger partial charge in [-0.3, -0.25) is 24.9 Å². The number of nitrogens with zero attached hydrogens (tertiary/aromatic N) is 6. The number of amidine groups is 1. The predicted octanol–water partition coefficient (Wildman–Crippen LogP) is 0.484. The molecule has 1 aromatic carbocycles. The van der Waals surface area contributed by atoms with Crippen LogP contribution in [0.15, 0.2) is 34.5 Å². The van der Waals surface area contributed by atoms with Gasteiger partial charge in [0.2, 0.25) is 11.9 Å². The van der Waals surface area contributed by atoms with Crippen molar-refractivity contribution in [3.8, 4) is 11.5 Å². The average molecular weight is 525 g/mol. The molecule has 0 unspecified atom stereocenters. The molecule has 5 rings (SSSR count). The molecule has 3 aliphatic heterocycles. The van der Waals surface area contributed by atoms with Crippen molar-refractivity contribution in [3.63, 3.8) is 0 Å². The van der Waals surface area contributed by atoms with Crippen molar-refractivity contribution < 1.29 is 24.1 Å². The number of hydrogen-bond acceptors (Lipinski definition) is 12. The number of fused-ring (bicyclic) bond motifs is 3. The number of aliphatic hydroxyl groups is 1. The van der Waals surface area contributed by atoms with Crippen LogP contribution in [-0.2, 0) is 4.74 Å². The van der Waals surface area contributed by atoms with Crippen LogP contribution in [0.3, 0.4) is 0 Å². The van der Waals surface area contributed by atoms with Crippen molar-refractivity contribution in [1.82, 2.24) is 25.1 Å². The quantitative estimate of drug-likeness (QED) is 0.375. The molecule has 38 heavy (non-hydrogen) atoms. The minimum absolute atomic E-state index is 0.0444. The summed E-state index contributed by atoms with van der Waals surface area (Å²) < 4.78 is 17.2. The fraction of sp³-hybridized carbons (Fsp3) is 0.480. The zero-order chi connectivity index (χ0) is 26.3. The lowest BCUT2D eigenvalue weighted by atomic mass is 10.1. The molecule has 0 radical (unpaired) electrons. The molecule has 13 heteroatoms. The van der Waals surface area contributed by atoms with E-state index in [1.54, 1.807) is 7.11 Å². The molecule has 0 saturated carbocycles. The Morgan fingerprint density at radius 3 is 2.76 bits per heavy atom. The molecule has 4 heterocycles. The monoisotopic (exact) mass is 524 g/mol. The fourth-order valence-electron chi connectivity index (χ4n) is 4.47. The maximum absolute atomic E-state index is 13.0. The van der Waals surface area contributed by atoms with Crippen LogP contribution >= 0.6 is 0 Å². The summed E-state index contributed by atoms with van der Waals surface area (Å²) in [6, 6.07) is 3.81. The number of anilines is 1. The standard InChI is InChI=1S/C25H32N8O5/c1-36-21-19(38-12-2-7-32-9-13-37-14-10-32)4-3-18-20(21)30-25(33-8-5-26-22(18)33)31-23(35)17-15-28-24(29-16-17)27-6-11-34/h3-4,15-16,34H,2,5-14H2,1H3,(H,27,28,29)(H,30,31,35). The van der Waals surface area contributed by atoms with Crippen molar-refractivity contribution in [2.45, 2.75) is 6.42 Å². The Bertz CT molecular complexity index is 1200. The van der Waals surface area contributed by atoms with Crippen molar-refractivity contribution in [2.75, 3.05) is 78.1 Å². The summed E-state index contributed by atoms with van der Waals surface area (Å²) in [4.78, 5) is 34.9. The van der Waals surface area contributed by atoms with Gasteiger partial charge in [-0.15, -0.1) is 0 Å². The lowest BCUT2D eigenvalue weighted by Gasteiger charge is -2.28. The molecular formula is C25H32N8O5. The number of guanidine groups is 1. The number of rotatable bonds is 10. The molecule has 202 valence electrons. The van der Waals surface area contributed by atoms with Crippen LogP contribution in [0.5, 0.6) is 11.5 Å². The molecule has 0 atom stereocenters. The number of benzene rings is 1. The summed E-state index contributed by atoms with van der Waals surface area (Å²) in [5.41, 5.74) is 1.65. The molecule has 0 bridgehead atoms. The van der Waals surface area contributed by atoms with E-state index in [4.69, 9.17) is 24.3 Å². The topological polar surface area (TPSA) is 146 Å². The first kappa shape index (κ1) is 25.8. The fourth-order valence-corrected chi connectivity index (χ4v) is 4.47. The van der Waals surface area contributed by atoms with Crippen LogP contribution in [0, 0.1) is 0 Å². The third kappa shape index (κ3) is 5.69. The summed E-state index contributed by atoms with van der Waals surface area (Å²) in [6.07, 6.45) is 3.71. The van der Waals surface area contributed by atoms with E-state index in [0.717, 1.165) is 50.7 Å².